The van der Waals surface area contributed by atoms with Crippen molar-refractivity contribution in [1.82, 2.24) is 14.5 Å². The zero-order valence-electron chi connectivity index (χ0n) is 37.0. The van der Waals surface area contributed by atoms with Gasteiger partial charge in [0.2, 0.25) is 0 Å². The SMILES string of the molecule is CC(C)(C)c1cc(-c2ccccc2)cc2c3cc(-c4ccccc4)ccc3n(-c3c(-c4ccccc4)cc(-c4nc(-c5ccccc5)cc(C5C=CC=CC5)n4)cc3-c3ccccc3)c12. The summed E-state index contributed by atoms with van der Waals surface area (Å²) in [5, 5.41) is 2.44. The molecule has 0 bridgehead atoms. The molecule has 0 N–H and O–H groups in total. The van der Waals surface area contributed by atoms with Gasteiger partial charge in [-0.25, -0.2) is 9.97 Å². The highest BCUT2D eigenvalue weighted by Gasteiger charge is 2.28. The summed E-state index contributed by atoms with van der Waals surface area (Å²) in [5.41, 5.74) is 17.8. The molecule has 0 fully saturated rings. The minimum Gasteiger partial charge on any atom is -0.308 e. The van der Waals surface area contributed by atoms with E-state index in [4.69, 9.17) is 9.97 Å². The predicted molar refractivity (Wildman–Crippen MR) is 273 cm³/mol. The summed E-state index contributed by atoms with van der Waals surface area (Å²) in [7, 11) is 0. The Hall–Kier alpha value is -7.88. The van der Waals surface area contributed by atoms with Crippen molar-refractivity contribution in [1.29, 1.82) is 0 Å². The lowest BCUT2D eigenvalue weighted by Gasteiger charge is -2.26. The van der Waals surface area contributed by atoms with Gasteiger partial charge in [0.1, 0.15) is 0 Å². The number of hydrogen-bond donors (Lipinski definition) is 0. The van der Waals surface area contributed by atoms with Gasteiger partial charge in [0.05, 0.1) is 28.1 Å². The summed E-state index contributed by atoms with van der Waals surface area (Å²) in [6.45, 7) is 7.04. The molecule has 0 saturated heterocycles. The predicted octanol–water partition coefficient (Wildman–Crippen LogP) is 16.5. The number of hydrogen-bond acceptors (Lipinski definition) is 2. The molecule has 65 heavy (non-hydrogen) atoms. The number of rotatable bonds is 8. The van der Waals surface area contributed by atoms with E-state index in [1.54, 1.807) is 0 Å². The molecule has 1 atom stereocenters. The summed E-state index contributed by atoms with van der Waals surface area (Å²) in [6.07, 6.45) is 9.64. The van der Waals surface area contributed by atoms with Gasteiger partial charge in [-0.2, -0.15) is 0 Å². The van der Waals surface area contributed by atoms with E-state index in [0.29, 0.717) is 5.82 Å². The summed E-state index contributed by atoms with van der Waals surface area (Å²) < 4.78 is 2.58. The minimum atomic E-state index is -0.206. The largest absolute Gasteiger partial charge is 0.308 e. The molecule has 1 aliphatic carbocycles. The van der Waals surface area contributed by atoms with Crippen LogP contribution in [-0.2, 0) is 5.41 Å². The van der Waals surface area contributed by atoms with Gasteiger partial charge >= 0.3 is 0 Å². The number of allylic oxidation sites excluding steroid dienone is 4. The maximum absolute atomic E-state index is 5.44. The molecule has 0 amide bonds. The third kappa shape index (κ3) is 7.59. The highest BCUT2D eigenvalue weighted by atomic mass is 15.0. The van der Waals surface area contributed by atoms with Crippen LogP contribution in [0.15, 0.2) is 224 Å². The van der Waals surface area contributed by atoms with Crippen molar-refractivity contribution >= 4 is 21.8 Å². The molecule has 0 saturated carbocycles. The van der Waals surface area contributed by atoms with Gasteiger partial charge in [-0.15, -0.1) is 0 Å². The van der Waals surface area contributed by atoms with Gasteiger partial charge in [0.25, 0.3) is 0 Å². The van der Waals surface area contributed by atoms with Crippen molar-refractivity contribution in [2.75, 3.05) is 0 Å². The maximum atomic E-state index is 5.44. The Bertz CT molecular complexity index is 3330. The van der Waals surface area contributed by atoms with Crippen LogP contribution >= 0.6 is 0 Å². The van der Waals surface area contributed by atoms with Crippen molar-refractivity contribution in [3.63, 3.8) is 0 Å². The second-order valence-electron chi connectivity index (χ2n) is 18.1. The fourth-order valence-electron chi connectivity index (χ4n) is 9.58. The Labute approximate surface area is 381 Å². The molecular weight excluding hydrogens is 787 g/mol. The Morgan fingerprint density at radius 2 is 1.00 bits per heavy atom. The van der Waals surface area contributed by atoms with E-state index in [2.05, 4.69) is 250 Å². The van der Waals surface area contributed by atoms with E-state index in [0.717, 1.165) is 62.4 Å². The number of nitrogens with zero attached hydrogens (tertiary/aromatic N) is 3. The van der Waals surface area contributed by atoms with Crippen LogP contribution in [0.1, 0.15) is 44.4 Å². The standard InChI is InChI=1S/C62H49N3/c1-62(2,3)55-40-49(43-24-12-5-13-25-43)37-54-53-36-48(42-22-10-4-11-23-42)34-35-58(53)65(60(54)55)59-51(44-26-14-6-15-27-44)38-50(39-52(59)45-28-16-7-17-29-45)61-63-56(46-30-18-8-19-31-46)41-57(64-61)47-32-20-9-21-33-47/h4-32,34-41,47H,33H2,1-3H3. The fourth-order valence-corrected chi connectivity index (χ4v) is 9.58. The van der Waals surface area contributed by atoms with Gasteiger partial charge in [0, 0.05) is 38.9 Å². The molecular formula is C62H49N3. The van der Waals surface area contributed by atoms with E-state index >= 15 is 0 Å². The molecule has 0 radical (unpaired) electrons. The summed E-state index contributed by atoms with van der Waals surface area (Å²) >= 11 is 0. The Morgan fingerprint density at radius 3 is 1.55 bits per heavy atom. The molecule has 2 heterocycles. The first-order valence-electron chi connectivity index (χ1n) is 22.7. The fraction of sp³-hybridized carbons (Fsp3) is 0.0968. The zero-order chi connectivity index (χ0) is 43.9. The van der Waals surface area contributed by atoms with E-state index in [1.165, 1.54) is 44.1 Å². The summed E-state index contributed by atoms with van der Waals surface area (Å²) in [4.78, 5) is 10.8. The Kier molecular flexibility index (Phi) is 10.2. The van der Waals surface area contributed by atoms with Crippen LogP contribution in [0.4, 0.5) is 0 Å². The number of aromatic nitrogens is 3. The van der Waals surface area contributed by atoms with Crippen LogP contribution in [0.5, 0.6) is 0 Å². The highest BCUT2D eigenvalue weighted by molar-refractivity contribution is 6.14. The molecule has 8 aromatic carbocycles. The van der Waals surface area contributed by atoms with E-state index in [-0.39, 0.29) is 11.3 Å². The molecule has 312 valence electrons. The molecule has 1 aliphatic rings. The zero-order valence-corrected chi connectivity index (χ0v) is 37.0. The van der Waals surface area contributed by atoms with Crippen molar-refractivity contribution in [3.05, 3.63) is 236 Å². The summed E-state index contributed by atoms with van der Waals surface area (Å²) in [5.74, 6) is 0.864. The van der Waals surface area contributed by atoms with Gasteiger partial charge in [-0.05, 0) is 93.2 Å². The summed E-state index contributed by atoms with van der Waals surface area (Å²) in [6, 6.07) is 72.6. The van der Waals surface area contributed by atoms with Crippen molar-refractivity contribution in [2.45, 2.75) is 38.5 Å². The normalized spacial score (nSPS) is 13.7. The Morgan fingerprint density at radius 1 is 0.462 bits per heavy atom. The first-order valence-corrected chi connectivity index (χ1v) is 22.7. The van der Waals surface area contributed by atoms with Crippen LogP contribution in [0.3, 0.4) is 0 Å². The lowest BCUT2D eigenvalue weighted by atomic mass is 9.83. The van der Waals surface area contributed by atoms with Gasteiger partial charge < -0.3 is 4.57 Å². The van der Waals surface area contributed by atoms with Crippen molar-refractivity contribution in [2.24, 2.45) is 0 Å². The number of benzene rings is 8. The van der Waals surface area contributed by atoms with Gasteiger partial charge in [-0.1, -0.05) is 203 Å². The number of fused-ring (bicyclic) bond motifs is 3. The Balaban J connectivity index is 1.28. The highest BCUT2D eigenvalue weighted by Crippen LogP contribution is 2.47. The van der Waals surface area contributed by atoms with Gasteiger partial charge in [-0.3, -0.25) is 0 Å². The van der Waals surface area contributed by atoms with Crippen LogP contribution in [-0.4, -0.2) is 14.5 Å². The first-order chi connectivity index (χ1) is 31.9. The maximum Gasteiger partial charge on any atom is 0.160 e. The molecule has 0 aliphatic heterocycles. The lowest BCUT2D eigenvalue weighted by Crippen LogP contribution is -2.14. The van der Waals surface area contributed by atoms with Crippen LogP contribution in [0, 0.1) is 0 Å². The molecule has 10 aromatic rings. The second kappa shape index (κ2) is 16.7. The molecule has 3 heteroatoms. The van der Waals surface area contributed by atoms with Crippen molar-refractivity contribution < 1.29 is 0 Å². The molecule has 11 rings (SSSR count). The molecule has 0 spiro atoms. The van der Waals surface area contributed by atoms with E-state index in [9.17, 15) is 0 Å². The van der Waals surface area contributed by atoms with Gasteiger partial charge in [0.15, 0.2) is 5.82 Å². The van der Waals surface area contributed by atoms with Crippen LogP contribution in [0.25, 0.3) is 94.6 Å². The lowest BCUT2D eigenvalue weighted by molar-refractivity contribution is 0.594. The third-order valence-electron chi connectivity index (χ3n) is 12.8. The average molecular weight is 836 g/mol. The first kappa shape index (κ1) is 39.9. The van der Waals surface area contributed by atoms with Crippen LogP contribution in [0.2, 0.25) is 0 Å². The molecule has 1 unspecified atom stereocenters. The smallest absolute Gasteiger partial charge is 0.160 e. The monoisotopic (exact) mass is 835 g/mol. The molecule has 3 nitrogen and oxygen atoms in total. The average Bonchev–Trinajstić information content (AvgIpc) is 3.70. The van der Waals surface area contributed by atoms with Crippen molar-refractivity contribution in [3.8, 4) is 72.8 Å². The third-order valence-corrected chi connectivity index (χ3v) is 12.8. The quantitative estimate of drug-likeness (QED) is 0.153. The molecule has 2 aromatic heterocycles. The van der Waals surface area contributed by atoms with E-state index in [1.807, 2.05) is 0 Å². The topological polar surface area (TPSA) is 30.7 Å². The minimum absolute atomic E-state index is 0.153. The second-order valence-corrected chi connectivity index (χ2v) is 18.1. The van der Waals surface area contributed by atoms with Crippen LogP contribution < -0.4 is 0 Å². The van der Waals surface area contributed by atoms with E-state index < -0.39 is 0 Å².